The number of rotatable bonds is 2. The van der Waals surface area contributed by atoms with Crippen LogP contribution in [0.3, 0.4) is 0 Å². The molecule has 0 radical (unpaired) electrons. The van der Waals surface area contributed by atoms with E-state index in [2.05, 4.69) is 17.4 Å². The van der Waals surface area contributed by atoms with Crippen molar-refractivity contribution in [2.24, 2.45) is 0 Å². The molecule has 1 aromatic carbocycles. The van der Waals surface area contributed by atoms with E-state index < -0.39 is 0 Å². The molecule has 1 aromatic heterocycles. The first-order valence-electron chi connectivity index (χ1n) is 5.84. The largest absolute Gasteiger partial charge is 0.348 e. The summed E-state index contributed by atoms with van der Waals surface area (Å²) in [6.45, 7) is 0. The molecule has 0 unspecified atom stereocenters. The van der Waals surface area contributed by atoms with E-state index in [0.29, 0.717) is 9.90 Å². The molecule has 2 aromatic rings. The van der Waals surface area contributed by atoms with Gasteiger partial charge in [0, 0.05) is 6.04 Å². The summed E-state index contributed by atoms with van der Waals surface area (Å²) in [6.07, 6.45) is 1.82. The van der Waals surface area contributed by atoms with Gasteiger partial charge in [-0.15, -0.1) is 11.3 Å². The number of carbonyl (C=O) groups is 1. The number of thiophene rings is 1. The molecule has 0 saturated heterocycles. The van der Waals surface area contributed by atoms with Crippen LogP contribution >= 0.6 is 22.9 Å². The van der Waals surface area contributed by atoms with E-state index in [-0.39, 0.29) is 11.9 Å². The number of fused-ring (bicyclic) bond motifs is 1. The number of nitrogens with one attached hydrogen (secondary N) is 1. The number of amides is 1. The van der Waals surface area contributed by atoms with Crippen LogP contribution in [0.25, 0.3) is 0 Å². The minimum absolute atomic E-state index is 0.0622. The average Bonchev–Trinajstić information content (AvgIpc) is 2.94. The van der Waals surface area contributed by atoms with Gasteiger partial charge in [0.2, 0.25) is 0 Å². The summed E-state index contributed by atoms with van der Waals surface area (Å²) in [4.78, 5) is 12.7. The summed E-state index contributed by atoms with van der Waals surface area (Å²) in [6, 6.07) is 10.3. The molecular weight excluding hydrogens is 266 g/mol. The van der Waals surface area contributed by atoms with Crippen molar-refractivity contribution < 1.29 is 4.79 Å². The SMILES string of the molecule is O=C(NC1Cc2ccccc2C1)c1sccc1Cl. The van der Waals surface area contributed by atoms with Crippen molar-refractivity contribution in [2.75, 3.05) is 0 Å². The first kappa shape index (κ1) is 11.8. The molecule has 0 saturated carbocycles. The first-order chi connectivity index (χ1) is 8.74. The zero-order valence-corrected chi connectivity index (χ0v) is 11.2. The van der Waals surface area contributed by atoms with Crippen molar-refractivity contribution in [3.8, 4) is 0 Å². The Morgan fingerprint density at radius 1 is 1.22 bits per heavy atom. The van der Waals surface area contributed by atoms with Gasteiger partial charge in [-0.25, -0.2) is 0 Å². The molecular formula is C14H12ClNOS. The molecule has 3 rings (SSSR count). The van der Waals surface area contributed by atoms with E-state index in [1.165, 1.54) is 22.5 Å². The molecule has 1 aliphatic carbocycles. The van der Waals surface area contributed by atoms with E-state index in [0.717, 1.165) is 12.8 Å². The molecule has 18 heavy (non-hydrogen) atoms. The summed E-state index contributed by atoms with van der Waals surface area (Å²) >= 11 is 7.34. The second-order valence-electron chi connectivity index (χ2n) is 4.45. The smallest absolute Gasteiger partial charge is 0.263 e. The molecule has 1 N–H and O–H groups in total. The van der Waals surface area contributed by atoms with E-state index >= 15 is 0 Å². The van der Waals surface area contributed by atoms with Crippen LogP contribution in [0.15, 0.2) is 35.7 Å². The van der Waals surface area contributed by atoms with Crippen LogP contribution in [0.5, 0.6) is 0 Å². The predicted octanol–water partition coefficient (Wildman–Crippen LogP) is 3.30. The zero-order chi connectivity index (χ0) is 12.5. The van der Waals surface area contributed by atoms with Gasteiger partial charge in [0.05, 0.1) is 5.02 Å². The van der Waals surface area contributed by atoms with Gasteiger partial charge >= 0.3 is 0 Å². The molecule has 92 valence electrons. The number of hydrogen-bond donors (Lipinski definition) is 1. The van der Waals surface area contributed by atoms with Crippen molar-refractivity contribution >= 4 is 28.8 Å². The van der Waals surface area contributed by atoms with Crippen molar-refractivity contribution in [1.29, 1.82) is 0 Å². The van der Waals surface area contributed by atoms with Gasteiger partial charge < -0.3 is 5.32 Å². The second kappa shape index (κ2) is 4.75. The Bertz CT molecular complexity index is 568. The Labute approximate surface area is 115 Å². The second-order valence-corrected chi connectivity index (χ2v) is 5.77. The Balaban J connectivity index is 1.70. The molecule has 4 heteroatoms. The third-order valence-corrected chi connectivity index (χ3v) is 4.55. The Kier molecular flexibility index (Phi) is 3.10. The third-order valence-electron chi connectivity index (χ3n) is 3.21. The molecule has 1 aliphatic rings. The van der Waals surface area contributed by atoms with Gasteiger partial charge in [-0.3, -0.25) is 4.79 Å². The van der Waals surface area contributed by atoms with Crippen LogP contribution < -0.4 is 5.32 Å². The number of benzene rings is 1. The van der Waals surface area contributed by atoms with Gasteiger partial charge in [-0.1, -0.05) is 35.9 Å². The molecule has 0 aliphatic heterocycles. The topological polar surface area (TPSA) is 29.1 Å². The van der Waals surface area contributed by atoms with E-state index in [4.69, 9.17) is 11.6 Å². The number of hydrogen-bond acceptors (Lipinski definition) is 2. The van der Waals surface area contributed by atoms with E-state index in [1.54, 1.807) is 6.07 Å². The van der Waals surface area contributed by atoms with Crippen molar-refractivity contribution in [1.82, 2.24) is 5.32 Å². The highest BCUT2D eigenvalue weighted by Crippen LogP contribution is 2.24. The molecule has 0 fully saturated rings. The number of halogens is 1. The van der Waals surface area contributed by atoms with Crippen LogP contribution in [-0.2, 0) is 12.8 Å². The molecule has 0 bridgehead atoms. The maximum atomic E-state index is 12.0. The average molecular weight is 278 g/mol. The molecule has 1 heterocycles. The quantitative estimate of drug-likeness (QED) is 0.897. The molecule has 0 atom stereocenters. The summed E-state index contributed by atoms with van der Waals surface area (Å²) in [5.41, 5.74) is 2.67. The lowest BCUT2D eigenvalue weighted by molar-refractivity contribution is 0.0943. The molecule has 0 spiro atoms. The Hall–Kier alpha value is -1.32. The fraction of sp³-hybridized carbons (Fsp3) is 0.214. The van der Waals surface area contributed by atoms with Crippen LogP contribution in [-0.4, -0.2) is 11.9 Å². The maximum absolute atomic E-state index is 12.0. The van der Waals surface area contributed by atoms with Crippen LogP contribution in [0.2, 0.25) is 5.02 Å². The summed E-state index contributed by atoms with van der Waals surface area (Å²) in [5, 5.41) is 5.43. The highest BCUT2D eigenvalue weighted by atomic mass is 35.5. The Morgan fingerprint density at radius 3 is 2.44 bits per heavy atom. The standard InChI is InChI=1S/C14H12ClNOS/c15-12-5-6-18-13(12)14(17)16-11-7-9-3-1-2-4-10(9)8-11/h1-6,11H,7-8H2,(H,16,17). The summed E-state index contributed by atoms with van der Waals surface area (Å²) in [7, 11) is 0. The zero-order valence-electron chi connectivity index (χ0n) is 9.65. The predicted molar refractivity (Wildman–Crippen MR) is 74.4 cm³/mol. The monoisotopic (exact) mass is 277 g/mol. The van der Waals surface area contributed by atoms with E-state index in [1.807, 2.05) is 17.5 Å². The minimum Gasteiger partial charge on any atom is -0.348 e. The van der Waals surface area contributed by atoms with Gasteiger partial charge in [0.15, 0.2) is 0 Å². The van der Waals surface area contributed by atoms with Crippen LogP contribution in [0, 0.1) is 0 Å². The van der Waals surface area contributed by atoms with E-state index in [9.17, 15) is 4.79 Å². The fourth-order valence-electron chi connectivity index (χ4n) is 2.37. The Morgan fingerprint density at radius 2 is 1.89 bits per heavy atom. The normalized spacial score (nSPS) is 14.5. The fourth-order valence-corrected chi connectivity index (χ4v) is 3.41. The maximum Gasteiger partial charge on any atom is 0.263 e. The van der Waals surface area contributed by atoms with Gasteiger partial charge in [-0.05, 0) is 35.4 Å². The van der Waals surface area contributed by atoms with Gasteiger partial charge in [0.25, 0.3) is 5.91 Å². The van der Waals surface area contributed by atoms with Crippen molar-refractivity contribution in [3.63, 3.8) is 0 Å². The molecule has 1 amide bonds. The molecule has 2 nitrogen and oxygen atoms in total. The minimum atomic E-state index is -0.0622. The van der Waals surface area contributed by atoms with Crippen LogP contribution in [0.1, 0.15) is 20.8 Å². The highest BCUT2D eigenvalue weighted by Gasteiger charge is 2.23. The van der Waals surface area contributed by atoms with Crippen molar-refractivity contribution in [2.45, 2.75) is 18.9 Å². The van der Waals surface area contributed by atoms with Crippen molar-refractivity contribution in [3.05, 3.63) is 56.7 Å². The lowest BCUT2D eigenvalue weighted by Gasteiger charge is -2.11. The van der Waals surface area contributed by atoms with Gasteiger partial charge in [-0.2, -0.15) is 0 Å². The highest BCUT2D eigenvalue weighted by molar-refractivity contribution is 7.12. The summed E-state index contributed by atoms with van der Waals surface area (Å²) < 4.78 is 0. The third kappa shape index (κ3) is 2.16. The first-order valence-corrected chi connectivity index (χ1v) is 7.10. The van der Waals surface area contributed by atoms with Gasteiger partial charge in [0.1, 0.15) is 4.88 Å². The lowest BCUT2D eigenvalue weighted by atomic mass is 10.1. The lowest BCUT2D eigenvalue weighted by Crippen LogP contribution is -2.34. The summed E-state index contributed by atoms with van der Waals surface area (Å²) in [5.74, 6) is -0.0622. The number of carbonyl (C=O) groups excluding carboxylic acids is 1. The van der Waals surface area contributed by atoms with Crippen LogP contribution in [0.4, 0.5) is 0 Å².